The first kappa shape index (κ1) is 20.8. The van der Waals surface area contributed by atoms with Crippen LogP contribution in [0.15, 0.2) is 0 Å². The molecule has 0 rings (SSSR count). The second-order valence-corrected chi connectivity index (χ2v) is 7.94. The largest absolute Gasteiger partial charge is 0.376 e. The Bertz CT molecular complexity index is 243. The van der Waals surface area contributed by atoms with Gasteiger partial charge in [0.25, 0.3) is 0 Å². The number of ether oxygens (including phenoxy) is 1. The molecule has 0 saturated carbocycles. The summed E-state index contributed by atoms with van der Waals surface area (Å²) in [5, 5.41) is 6.98. The summed E-state index contributed by atoms with van der Waals surface area (Å²) in [4.78, 5) is 0. The molecular formula is C17H39N3O. The Labute approximate surface area is 132 Å². The van der Waals surface area contributed by atoms with Crippen molar-refractivity contribution in [2.75, 3.05) is 39.3 Å². The maximum Gasteiger partial charge on any atom is 0.0598 e. The lowest BCUT2D eigenvalue weighted by molar-refractivity contribution is -0.0409. The van der Waals surface area contributed by atoms with Crippen LogP contribution in [0.2, 0.25) is 0 Å². The molecule has 0 spiro atoms. The summed E-state index contributed by atoms with van der Waals surface area (Å²) in [5.41, 5.74) is 5.66. The first-order valence-corrected chi connectivity index (χ1v) is 8.42. The zero-order valence-corrected chi connectivity index (χ0v) is 15.2. The predicted octanol–water partition coefficient (Wildman–Crippen LogP) is 2.38. The summed E-state index contributed by atoms with van der Waals surface area (Å²) in [5.74, 6) is 0.530. The average Bonchev–Trinajstić information content (AvgIpc) is 2.33. The summed E-state index contributed by atoms with van der Waals surface area (Å²) in [6, 6.07) is 0. The number of hydrogen-bond acceptors (Lipinski definition) is 4. The quantitative estimate of drug-likeness (QED) is 0.513. The Hall–Kier alpha value is -0.160. The molecule has 1 atom stereocenters. The maximum absolute atomic E-state index is 5.98. The number of hydrogen-bond donors (Lipinski definition) is 3. The molecule has 4 nitrogen and oxygen atoms in total. The van der Waals surface area contributed by atoms with E-state index < -0.39 is 0 Å². The third-order valence-electron chi connectivity index (χ3n) is 3.60. The van der Waals surface area contributed by atoms with E-state index in [1.807, 2.05) is 0 Å². The van der Waals surface area contributed by atoms with Gasteiger partial charge in [0.05, 0.1) is 12.2 Å². The molecule has 0 radical (unpaired) electrons. The highest BCUT2D eigenvalue weighted by atomic mass is 16.5. The SMILES string of the molecule is CC(C)(C)OCC(CNCCCNCCCN)C(C)(C)C. The summed E-state index contributed by atoms with van der Waals surface area (Å²) in [6.45, 7) is 19.0. The average molecular weight is 302 g/mol. The van der Waals surface area contributed by atoms with Gasteiger partial charge < -0.3 is 21.1 Å². The molecule has 4 heteroatoms. The summed E-state index contributed by atoms with van der Waals surface area (Å²) < 4.78 is 5.98. The van der Waals surface area contributed by atoms with E-state index in [9.17, 15) is 0 Å². The Morgan fingerprint density at radius 3 is 2.00 bits per heavy atom. The number of rotatable bonds is 11. The van der Waals surface area contributed by atoms with Gasteiger partial charge in [-0.15, -0.1) is 0 Å². The smallest absolute Gasteiger partial charge is 0.0598 e. The third-order valence-corrected chi connectivity index (χ3v) is 3.60. The molecule has 0 saturated heterocycles. The molecule has 128 valence electrons. The van der Waals surface area contributed by atoms with Crippen molar-refractivity contribution in [1.29, 1.82) is 0 Å². The van der Waals surface area contributed by atoms with Crippen LogP contribution in [-0.4, -0.2) is 44.9 Å². The monoisotopic (exact) mass is 301 g/mol. The van der Waals surface area contributed by atoms with Crippen molar-refractivity contribution >= 4 is 0 Å². The second-order valence-electron chi connectivity index (χ2n) is 7.94. The van der Waals surface area contributed by atoms with Crippen molar-refractivity contribution in [3.8, 4) is 0 Å². The standard InChI is InChI=1S/C17H39N3O/c1-16(2,3)15(14-21-17(4,5)6)13-20-12-8-11-19-10-7-9-18/h15,19-20H,7-14,18H2,1-6H3. The van der Waals surface area contributed by atoms with Crippen LogP contribution >= 0.6 is 0 Å². The minimum Gasteiger partial charge on any atom is -0.376 e. The molecule has 0 aromatic carbocycles. The summed E-state index contributed by atoms with van der Waals surface area (Å²) in [7, 11) is 0. The van der Waals surface area contributed by atoms with Gasteiger partial charge in [-0.3, -0.25) is 0 Å². The van der Waals surface area contributed by atoms with E-state index in [1.54, 1.807) is 0 Å². The van der Waals surface area contributed by atoms with Gasteiger partial charge in [0.2, 0.25) is 0 Å². The van der Waals surface area contributed by atoms with Crippen LogP contribution in [0.3, 0.4) is 0 Å². The van der Waals surface area contributed by atoms with E-state index in [0.717, 1.165) is 52.2 Å². The molecule has 0 aliphatic carbocycles. The normalized spacial score (nSPS) is 14.4. The predicted molar refractivity (Wildman–Crippen MR) is 92.7 cm³/mol. The lowest BCUT2D eigenvalue weighted by atomic mass is 9.81. The van der Waals surface area contributed by atoms with E-state index in [0.29, 0.717) is 5.92 Å². The number of nitrogens with one attached hydrogen (secondary N) is 2. The Morgan fingerprint density at radius 2 is 1.48 bits per heavy atom. The van der Waals surface area contributed by atoms with Crippen molar-refractivity contribution in [1.82, 2.24) is 10.6 Å². The van der Waals surface area contributed by atoms with Crippen molar-refractivity contribution in [2.45, 2.75) is 60.0 Å². The van der Waals surface area contributed by atoms with Gasteiger partial charge in [-0.25, -0.2) is 0 Å². The molecule has 4 N–H and O–H groups in total. The molecular weight excluding hydrogens is 262 g/mol. The van der Waals surface area contributed by atoms with Crippen LogP contribution in [0.5, 0.6) is 0 Å². The zero-order chi connectivity index (χ0) is 16.4. The van der Waals surface area contributed by atoms with Gasteiger partial charge in [0.1, 0.15) is 0 Å². The molecule has 0 aromatic rings. The van der Waals surface area contributed by atoms with E-state index in [-0.39, 0.29) is 11.0 Å². The molecule has 0 aliphatic heterocycles. The molecule has 0 amide bonds. The maximum atomic E-state index is 5.98. The second kappa shape index (κ2) is 10.5. The summed E-state index contributed by atoms with van der Waals surface area (Å²) >= 11 is 0. The fraction of sp³-hybridized carbons (Fsp3) is 1.00. The van der Waals surface area contributed by atoms with Gasteiger partial charge in [-0.05, 0) is 71.1 Å². The van der Waals surface area contributed by atoms with Crippen LogP contribution in [0.4, 0.5) is 0 Å². The minimum absolute atomic E-state index is 0.0591. The van der Waals surface area contributed by atoms with E-state index in [1.165, 1.54) is 0 Å². The highest BCUT2D eigenvalue weighted by Crippen LogP contribution is 2.27. The highest BCUT2D eigenvalue weighted by molar-refractivity contribution is 4.77. The van der Waals surface area contributed by atoms with Gasteiger partial charge in [-0.1, -0.05) is 20.8 Å². The molecule has 21 heavy (non-hydrogen) atoms. The topological polar surface area (TPSA) is 59.3 Å². The van der Waals surface area contributed by atoms with Gasteiger partial charge >= 0.3 is 0 Å². The van der Waals surface area contributed by atoms with Gasteiger partial charge in [0, 0.05) is 6.54 Å². The zero-order valence-electron chi connectivity index (χ0n) is 15.2. The first-order chi connectivity index (χ1) is 9.67. The van der Waals surface area contributed by atoms with Crippen LogP contribution in [0.1, 0.15) is 54.4 Å². The molecule has 1 unspecified atom stereocenters. The Balaban J connectivity index is 3.83. The Morgan fingerprint density at radius 1 is 0.905 bits per heavy atom. The first-order valence-electron chi connectivity index (χ1n) is 8.42. The van der Waals surface area contributed by atoms with Crippen molar-refractivity contribution in [3.63, 3.8) is 0 Å². The van der Waals surface area contributed by atoms with E-state index in [2.05, 4.69) is 52.2 Å². The van der Waals surface area contributed by atoms with Gasteiger partial charge in [0.15, 0.2) is 0 Å². The minimum atomic E-state index is -0.0591. The van der Waals surface area contributed by atoms with Crippen LogP contribution < -0.4 is 16.4 Å². The van der Waals surface area contributed by atoms with Crippen LogP contribution in [0.25, 0.3) is 0 Å². The molecule has 0 heterocycles. The number of nitrogens with two attached hydrogens (primary N) is 1. The molecule has 0 aliphatic rings. The lowest BCUT2D eigenvalue weighted by Crippen LogP contribution is -2.38. The van der Waals surface area contributed by atoms with Gasteiger partial charge in [-0.2, -0.15) is 0 Å². The van der Waals surface area contributed by atoms with Crippen LogP contribution in [0, 0.1) is 11.3 Å². The van der Waals surface area contributed by atoms with Crippen LogP contribution in [-0.2, 0) is 4.74 Å². The Kier molecular flexibility index (Phi) is 10.5. The third kappa shape index (κ3) is 13.2. The van der Waals surface area contributed by atoms with E-state index in [4.69, 9.17) is 10.5 Å². The molecule has 0 fully saturated rings. The lowest BCUT2D eigenvalue weighted by Gasteiger charge is -2.33. The fourth-order valence-corrected chi connectivity index (χ4v) is 1.93. The fourth-order valence-electron chi connectivity index (χ4n) is 1.93. The highest BCUT2D eigenvalue weighted by Gasteiger charge is 2.26. The van der Waals surface area contributed by atoms with Crippen molar-refractivity contribution < 1.29 is 4.74 Å². The van der Waals surface area contributed by atoms with E-state index >= 15 is 0 Å². The summed E-state index contributed by atoms with van der Waals surface area (Å²) in [6.07, 6.45) is 2.21. The van der Waals surface area contributed by atoms with Crippen molar-refractivity contribution in [2.24, 2.45) is 17.1 Å². The molecule has 0 aromatic heterocycles. The molecule has 0 bridgehead atoms. The van der Waals surface area contributed by atoms with Crippen molar-refractivity contribution in [3.05, 3.63) is 0 Å².